The summed E-state index contributed by atoms with van der Waals surface area (Å²) in [6, 6.07) is 20.6. The number of rotatable bonds is 5. The summed E-state index contributed by atoms with van der Waals surface area (Å²) in [5, 5.41) is 20.7. The fourth-order valence-corrected chi connectivity index (χ4v) is 2.90. The minimum absolute atomic E-state index is 0.0153. The lowest BCUT2D eigenvalue weighted by molar-refractivity contribution is 0.0880. The number of fused-ring (bicyclic) bond motifs is 2. The summed E-state index contributed by atoms with van der Waals surface area (Å²) >= 11 is 0. The van der Waals surface area contributed by atoms with Crippen LogP contribution in [0.1, 0.15) is 0 Å². The average molecular weight is 347 g/mol. The van der Waals surface area contributed by atoms with Crippen molar-refractivity contribution in [3.63, 3.8) is 0 Å². The van der Waals surface area contributed by atoms with Gasteiger partial charge in [-0.25, -0.2) is 4.68 Å². The number of aliphatic hydroxyl groups excluding tert-OH is 1. The highest BCUT2D eigenvalue weighted by Gasteiger charge is 2.12. The first-order valence-corrected chi connectivity index (χ1v) is 8.33. The summed E-state index contributed by atoms with van der Waals surface area (Å²) in [5.74, 6) is 0.694. The molecular weight excluding hydrogens is 330 g/mol. The lowest BCUT2D eigenvalue weighted by atomic mass is 10.1. The first-order valence-electron chi connectivity index (χ1n) is 8.33. The van der Waals surface area contributed by atoms with Crippen LogP contribution < -0.4 is 10.3 Å². The lowest BCUT2D eigenvalue weighted by Crippen LogP contribution is -2.32. The number of ether oxygens (including phenoxy) is 1. The number of aliphatic hydroxyl groups is 1. The van der Waals surface area contributed by atoms with Crippen LogP contribution in [0.25, 0.3) is 21.7 Å². The zero-order valence-corrected chi connectivity index (χ0v) is 13.9. The SMILES string of the molecule is O=c1c2ccccc2nnn1C[C@H](O)COc1cccc2ccccc12. The quantitative estimate of drug-likeness (QED) is 0.600. The van der Waals surface area contributed by atoms with E-state index in [-0.39, 0.29) is 18.7 Å². The maximum absolute atomic E-state index is 12.4. The summed E-state index contributed by atoms with van der Waals surface area (Å²) < 4.78 is 6.93. The zero-order chi connectivity index (χ0) is 17.9. The van der Waals surface area contributed by atoms with E-state index < -0.39 is 6.10 Å². The van der Waals surface area contributed by atoms with Crippen molar-refractivity contribution >= 4 is 21.7 Å². The molecule has 130 valence electrons. The molecule has 0 spiro atoms. The summed E-state index contributed by atoms with van der Waals surface area (Å²) in [6.07, 6.45) is -0.887. The fourth-order valence-electron chi connectivity index (χ4n) is 2.90. The van der Waals surface area contributed by atoms with Crippen LogP contribution in [-0.4, -0.2) is 32.8 Å². The largest absolute Gasteiger partial charge is 0.490 e. The van der Waals surface area contributed by atoms with Gasteiger partial charge in [0.1, 0.15) is 24.0 Å². The van der Waals surface area contributed by atoms with Gasteiger partial charge in [-0.05, 0) is 23.6 Å². The molecule has 0 saturated heterocycles. The maximum atomic E-state index is 12.4. The Labute approximate surface area is 149 Å². The molecule has 1 heterocycles. The van der Waals surface area contributed by atoms with Crippen molar-refractivity contribution in [1.82, 2.24) is 15.0 Å². The van der Waals surface area contributed by atoms with E-state index in [0.717, 1.165) is 10.8 Å². The van der Waals surface area contributed by atoms with Gasteiger partial charge < -0.3 is 9.84 Å². The average Bonchev–Trinajstić information content (AvgIpc) is 2.69. The summed E-state index contributed by atoms with van der Waals surface area (Å²) in [4.78, 5) is 12.4. The predicted octanol–water partition coefficient (Wildman–Crippen LogP) is 2.38. The molecule has 0 fully saturated rings. The van der Waals surface area contributed by atoms with E-state index in [9.17, 15) is 9.90 Å². The number of hydrogen-bond donors (Lipinski definition) is 1. The Bertz CT molecular complexity index is 1120. The smallest absolute Gasteiger partial charge is 0.277 e. The van der Waals surface area contributed by atoms with Gasteiger partial charge in [-0.2, -0.15) is 0 Å². The molecule has 0 bridgehead atoms. The van der Waals surface area contributed by atoms with Gasteiger partial charge in [-0.15, -0.1) is 5.10 Å². The summed E-state index contributed by atoms with van der Waals surface area (Å²) in [6.45, 7) is 0.0659. The first kappa shape index (κ1) is 16.2. The van der Waals surface area contributed by atoms with Gasteiger partial charge in [0.25, 0.3) is 5.56 Å². The van der Waals surface area contributed by atoms with Crippen LogP contribution >= 0.6 is 0 Å². The topological polar surface area (TPSA) is 77.2 Å². The monoisotopic (exact) mass is 347 g/mol. The van der Waals surface area contributed by atoms with Crippen molar-refractivity contribution < 1.29 is 9.84 Å². The van der Waals surface area contributed by atoms with Crippen molar-refractivity contribution in [2.24, 2.45) is 0 Å². The second-order valence-corrected chi connectivity index (χ2v) is 6.04. The third kappa shape index (κ3) is 3.14. The highest BCUT2D eigenvalue weighted by molar-refractivity contribution is 5.88. The normalized spacial score (nSPS) is 12.3. The summed E-state index contributed by atoms with van der Waals surface area (Å²) in [7, 11) is 0. The molecule has 0 aliphatic rings. The molecule has 0 amide bonds. The highest BCUT2D eigenvalue weighted by Crippen LogP contribution is 2.25. The van der Waals surface area contributed by atoms with Crippen LogP contribution in [0.4, 0.5) is 0 Å². The van der Waals surface area contributed by atoms with Crippen LogP contribution in [0.3, 0.4) is 0 Å². The van der Waals surface area contributed by atoms with E-state index in [2.05, 4.69) is 10.3 Å². The van der Waals surface area contributed by atoms with Crippen LogP contribution in [0.15, 0.2) is 71.5 Å². The lowest BCUT2D eigenvalue weighted by Gasteiger charge is -2.14. The molecule has 0 radical (unpaired) electrons. The molecule has 6 heteroatoms. The Balaban J connectivity index is 1.50. The molecule has 0 unspecified atom stereocenters. The van der Waals surface area contributed by atoms with Crippen LogP contribution in [0.5, 0.6) is 5.75 Å². The second kappa shape index (κ2) is 6.93. The Morgan fingerprint density at radius 1 is 0.962 bits per heavy atom. The molecule has 4 aromatic rings. The molecule has 3 aromatic carbocycles. The van der Waals surface area contributed by atoms with Gasteiger partial charge in [0.15, 0.2) is 0 Å². The zero-order valence-electron chi connectivity index (χ0n) is 13.9. The van der Waals surface area contributed by atoms with Gasteiger partial charge in [-0.3, -0.25) is 4.79 Å². The molecule has 1 atom stereocenters. The van der Waals surface area contributed by atoms with E-state index in [4.69, 9.17) is 4.74 Å². The molecule has 6 nitrogen and oxygen atoms in total. The third-order valence-electron chi connectivity index (χ3n) is 4.19. The van der Waals surface area contributed by atoms with Crippen LogP contribution in [-0.2, 0) is 6.54 Å². The van der Waals surface area contributed by atoms with E-state index in [1.165, 1.54) is 4.68 Å². The number of aromatic nitrogens is 3. The molecular formula is C20H17N3O3. The Hall–Kier alpha value is -3.25. The number of hydrogen-bond acceptors (Lipinski definition) is 5. The van der Waals surface area contributed by atoms with Gasteiger partial charge >= 0.3 is 0 Å². The number of benzene rings is 3. The van der Waals surface area contributed by atoms with Crippen molar-refractivity contribution in [2.75, 3.05) is 6.61 Å². The fraction of sp³-hybridized carbons (Fsp3) is 0.150. The second-order valence-electron chi connectivity index (χ2n) is 6.04. The molecule has 1 aromatic heterocycles. The number of nitrogens with zero attached hydrogens (tertiary/aromatic N) is 3. The van der Waals surface area contributed by atoms with Crippen molar-refractivity contribution in [1.29, 1.82) is 0 Å². The molecule has 0 aliphatic carbocycles. The molecule has 1 N–H and O–H groups in total. The van der Waals surface area contributed by atoms with Crippen LogP contribution in [0.2, 0.25) is 0 Å². The van der Waals surface area contributed by atoms with Crippen molar-refractivity contribution in [2.45, 2.75) is 12.6 Å². The van der Waals surface area contributed by atoms with E-state index >= 15 is 0 Å². The summed E-state index contributed by atoms with van der Waals surface area (Å²) in [5.41, 5.74) is 0.259. The molecule has 4 rings (SSSR count). The van der Waals surface area contributed by atoms with Gasteiger partial charge in [-0.1, -0.05) is 53.7 Å². The minimum Gasteiger partial charge on any atom is -0.490 e. The van der Waals surface area contributed by atoms with E-state index in [1.54, 1.807) is 24.3 Å². The third-order valence-corrected chi connectivity index (χ3v) is 4.19. The molecule has 26 heavy (non-hydrogen) atoms. The standard InChI is InChI=1S/C20H17N3O3/c24-15(12-23-20(25)17-9-3-4-10-18(17)21-22-23)13-26-19-11-5-7-14-6-1-2-8-16(14)19/h1-11,15,24H,12-13H2/t15-/m0/s1. The van der Waals surface area contributed by atoms with Crippen LogP contribution in [0, 0.1) is 0 Å². The molecule has 0 saturated carbocycles. The molecule has 0 aliphatic heterocycles. The van der Waals surface area contributed by atoms with Gasteiger partial charge in [0.2, 0.25) is 0 Å². The predicted molar refractivity (Wildman–Crippen MR) is 99.2 cm³/mol. The van der Waals surface area contributed by atoms with Crippen molar-refractivity contribution in [3.05, 3.63) is 77.1 Å². The van der Waals surface area contributed by atoms with Crippen molar-refractivity contribution in [3.8, 4) is 5.75 Å². The minimum atomic E-state index is -0.887. The van der Waals surface area contributed by atoms with E-state index in [0.29, 0.717) is 16.7 Å². The highest BCUT2D eigenvalue weighted by atomic mass is 16.5. The van der Waals surface area contributed by atoms with Gasteiger partial charge in [0.05, 0.1) is 11.9 Å². The Morgan fingerprint density at radius 3 is 2.58 bits per heavy atom. The maximum Gasteiger partial charge on any atom is 0.277 e. The van der Waals surface area contributed by atoms with Gasteiger partial charge in [0, 0.05) is 5.39 Å². The Kier molecular flexibility index (Phi) is 4.33. The van der Waals surface area contributed by atoms with E-state index in [1.807, 2.05) is 42.5 Å². The first-order chi connectivity index (χ1) is 12.7. The Morgan fingerprint density at radius 2 is 1.69 bits per heavy atom.